The molecule has 2 unspecified atom stereocenters. The molecule has 1 aliphatic rings. The maximum atomic E-state index is 15.3. The first-order chi connectivity index (χ1) is 13.8. The summed E-state index contributed by atoms with van der Waals surface area (Å²) in [6, 6.07) is 13.3. The zero-order valence-electron chi connectivity index (χ0n) is 16.5. The van der Waals surface area contributed by atoms with Crippen molar-refractivity contribution in [3.05, 3.63) is 59.9 Å². The van der Waals surface area contributed by atoms with Gasteiger partial charge in [-0.3, -0.25) is 0 Å². The van der Waals surface area contributed by atoms with Gasteiger partial charge in [-0.2, -0.15) is 0 Å². The summed E-state index contributed by atoms with van der Waals surface area (Å²) in [5.74, 6) is -0.368. The van der Waals surface area contributed by atoms with Crippen LogP contribution in [0, 0.1) is 5.82 Å². The van der Waals surface area contributed by atoms with Crippen LogP contribution in [0.5, 0.6) is 0 Å². The number of amides is 1. The van der Waals surface area contributed by atoms with Crippen molar-refractivity contribution < 1.29 is 22.3 Å². The van der Waals surface area contributed by atoms with E-state index in [0.29, 0.717) is 24.1 Å². The SMILES string of the molecule is CCOC(=O)N1CCC(NS(C)(=O)=O)C1Cc1cccc(-c2ccccc2)c1F. The van der Waals surface area contributed by atoms with E-state index in [0.717, 1.165) is 11.8 Å². The first-order valence-corrected chi connectivity index (χ1v) is 11.4. The predicted octanol–water partition coefficient (Wildman–Crippen LogP) is 3.18. The van der Waals surface area contributed by atoms with Crippen molar-refractivity contribution >= 4 is 16.1 Å². The van der Waals surface area contributed by atoms with Crippen LogP contribution in [0.15, 0.2) is 48.5 Å². The third-order valence-electron chi connectivity index (χ3n) is 5.01. The first kappa shape index (κ1) is 21.3. The second-order valence-electron chi connectivity index (χ2n) is 7.09. The number of halogens is 1. The Bertz CT molecular complexity index is 966. The number of ether oxygens (including phenoxy) is 1. The summed E-state index contributed by atoms with van der Waals surface area (Å²) < 4.78 is 46.5. The lowest BCUT2D eigenvalue weighted by Crippen LogP contribution is -2.47. The summed E-state index contributed by atoms with van der Waals surface area (Å²) in [6.07, 6.45) is 1.18. The molecule has 1 fully saturated rings. The number of hydrogen-bond acceptors (Lipinski definition) is 4. The van der Waals surface area contributed by atoms with Crippen molar-refractivity contribution in [1.82, 2.24) is 9.62 Å². The van der Waals surface area contributed by atoms with Gasteiger partial charge in [0.25, 0.3) is 0 Å². The molecule has 0 radical (unpaired) electrons. The van der Waals surface area contributed by atoms with E-state index in [-0.39, 0.29) is 18.8 Å². The molecule has 29 heavy (non-hydrogen) atoms. The Morgan fingerprint density at radius 2 is 1.93 bits per heavy atom. The van der Waals surface area contributed by atoms with Gasteiger partial charge in [-0.25, -0.2) is 22.3 Å². The molecule has 8 heteroatoms. The molecular formula is C21H25FN2O4S. The van der Waals surface area contributed by atoms with Gasteiger partial charge in [0, 0.05) is 18.2 Å². The average Bonchev–Trinajstić information content (AvgIpc) is 3.05. The molecule has 6 nitrogen and oxygen atoms in total. The summed E-state index contributed by atoms with van der Waals surface area (Å²) in [5, 5.41) is 0. The fourth-order valence-electron chi connectivity index (χ4n) is 3.75. The maximum absolute atomic E-state index is 15.3. The number of benzene rings is 2. The number of carbonyl (C=O) groups excluding carboxylic acids is 1. The van der Waals surface area contributed by atoms with Crippen LogP contribution < -0.4 is 4.72 Å². The van der Waals surface area contributed by atoms with Gasteiger partial charge in [0.1, 0.15) is 5.82 Å². The smallest absolute Gasteiger partial charge is 0.410 e. The number of sulfonamides is 1. The number of nitrogens with zero attached hydrogens (tertiary/aromatic N) is 1. The Morgan fingerprint density at radius 3 is 2.59 bits per heavy atom. The zero-order valence-corrected chi connectivity index (χ0v) is 17.3. The van der Waals surface area contributed by atoms with E-state index in [2.05, 4.69) is 4.72 Å². The van der Waals surface area contributed by atoms with E-state index in [9.17, 15) is 13.2 Å². The summed E-state index contributed by atoms with van der Waals surface area (Å²) in [7, 11) is -3.48. The lowest BCUT2D eigenvalue weighted by atomic mass is 9.96. The molecule has 1 amide bonds. The molecule has 0 bridgehead atoms. The van der Waals surface area contributed by atoms with E-state index < -0.39 is 28.2 Å². The van der Waals surface area contributed by atoms with Crippen LogP contribution >= 0.6 is 0 Å². The average molecular weight is 421 g/mol. The Morgan fingerprint density at radius 1 is 1.21 bits per heavy atom. The van der Waals surface area contributed by atoms with Crippen LogP contribution in [0.2, 0.25) is 0 Å². The minimum absolute atomic E-state index is 0.179. The highest BCUT2D eigenvalue weighted by molar-refractivity contribution is 7.88. The normalized spacial score (nSPS) is 19.3. The third-order valence-corrected chi connectivity index (χ3v) is 5.74. The fourth-order valence-corrected chi connectivity index (χ4v) is 4.58. The van der Waals surface area contributed by atoms with Gasteiger partial charge >= 0.3 is 6.09 Å². The van der Waals surface area contributed by atoms with Crippen molar-refractivity contribution in [3.63, 3.8) is 0 Å². The van der Waals surface area contributed by atoms with Crippen LogP contribution in [-0.4, -0.2) is 50.9 Å². The lowest BCUT2D eigenvalue weighted by Gasteiger charge is -2.28. The number of hydrogen-bond donors (Lipinski definition) is 1. The van der Waals surface area contributed by atoms with E-state index in [1.807, 2.05) is 30.3 Å². The molecule has 2 aromatic rings. The Kier molecular flexibility index (Phi) is 6.54. The molecule has 156 valence electrons. The second kappa shape index (κ2) is 8.92. The predicted molar refractivity (Wildman–Crippen MR) is 109 cm³/mol. The highest BCUT2D eigenvalue weighted by atomic mass is 32.2. The summed E-state index contributed by atoms with van der Waals surface area (Å²) >= 11 is 0. The second-order valence-corrected chi connectivity index (χ2v) is 8.87. The van der Waals surface area contributed by atoms with Crippen molar-refractivity contribution in [2.45, 2.75) is 31.8 Å². The Hall–Kier alpha value is -2.45. The van der Waals surface area contributed by atoms with Crippen LogP contribution in [0.4, 0.5) is 9.18 Å². The van der Waals surface area contributed by atoms with Crippen LogP contribution in [0.1, 0.15) is 18.9 Å². The molecule has 3 rings (SSSR count). The van der Waals surface area contributed by atoms with E-state index in [4.69, 9.17) is 4.74 Å². The minimum Gasteiger partial charge on any atom is -0.450 e. The van der Waals surface area contributed by atoms with Crippen molar-refractivity contribution in [2.75, 3.05) is 19.4 Å². The van der Waals surface area contributed by atoms with Gasteiger partial charge in [0.15, 0.2) is 0 Å². The van der Waals surface area contributed by atoms with Crippen molar-refractivity contribution in [1.29, 1.82) is 0 Å². The summed E-state index contributed by atoms with van der Waals surface area (Å²) in [6.45, 7) is 2.26. The quantitative estimate of drug-likeness (QED) is 0.779. The molecule has 1 saturated heterocycles. The van der Waals surface area contributed by atoms with Gasteiger partial charge in [-0.15, -0.1) is 0 Å². The van der Waals surface area contributed by atoms with Gasteiger partial charge in [0.05, 0.1) is 18.9 Å². The van der Waals surface area contributed by atoms with E-state index in [1.165, 1.54) is 4.90 Å². The minimum atomic E-state index is -3.48. The third kappa shape index (κ3) is 5.13. The summed E-state index contributed by atoms with van der Waals surface area (Å²) in [5.41, 5.74) is 1.65. The zero-order chi connectivity index (χ0) is 21.0. The maximum Gasteiger partial charge on any atom is 0.410 e. The highest BCUT2D eigenvalue weighted by Crippen LogP contribution is 2.29. The van der Waals surface area contributed by atoms with Crippen molar-refractivity contribution in [2.24, 2.45) is 0 Å². The number of rotatable bonds is 6. The standard InChI is InChI=1S/C21H25FN2O4S/c1-3-28-21(25)24-13-12-18(23-29(2,26)27)19(24)14-16-10-7-11-17(20(16)22)15-8-5-4-6-9-15/h4-11,18-19,23H,3,12-14H2,1-2H3. The Balaban J connectivity index is 1.92. The topological polar surface area (TPSA) is 75.7 Å². The fraction of sp³-hybridized carbons (Fsp3) is 0.381. The molecule has 1 N–H and O–H groups in total. The van der Waals surface area contributed by atoms with E-state index >= 15 is 4.39 Å². The van der Waals surface area contributed by atoms with Gasteiger partial charge in [0.2, 0.25) is 10.0 Å². The van der Waals surface area contributed by atoms with Gasteiger partial charge < -0.3 is 9.64 Å². The number of likely N-dealkylation sites (tertiary alicyclic amines) is 1. The van der Waals surface area contributed by atoms with E-state index in [1.54, 1.807) is 25.1 Å². The number of carbonyl (C=O) groups is 1. The largest absolute Gasteiger partial charge is 0.450 e. The monoisotopic (exact) mass is 420 g/mol. The Labute approximate surface area is 170 Å². The molecule has 2 aromatic carbocycles. The van der Waals surface area contributed by atoms with Gasteiger partial charge in [-0.1, -0.05) is 48.5 Å². The lowest BCUT2D eigenvalue weighted by molar-refractivity contribution is 0.101. The van der Waals surface area contributed by atoms with Crippen LogP contribution in [-0.2, 0) is 21.2 Å². The summed E-state index contributed by atoms with van der Waals surface area (Å²) in [4.78, 5) is 13.9. The highest BCUT2D eigenvalue weighted by Gasteiger charge is 2.39. The van der Waals surface area contributed by atoms with Crippen molar-refractivity contribution in [3.8, 4) is 11.1 Å². The van der Waals surface area contributed by atoms with Gasteiger partial charge in [-0.05, 0) is 30.9 Å². The number of nitrogens with one attached hydrogen (secondary N) is 1. The molecule has 2 atom stereocenters. The van der Waals surface area contributed by atoms with Crippen LogP contribution in [0.3, 0.4) is 0 Å². The molecule has 1 aliphatic heterocycles. The molecule has 0 aromatic heterocycles. The molecule has 1 heterocycles. The molecule has 0 aliphatic carbocycles. The molecule has 0 saturated carbocycles. The molecule has 0 spiro atoms. The molecular weight excluding hydrogens is 395 g/mol. The van der Waals surface area contributed by atoms with Crippen LogP contribution in [0.25, 0.3) is 11.1 Å². The first-order valence-electron chi connectivity index (χ1n) is 9.53.